The standard InChI is InChI=1S/C14H23N3O2/c1-11-10-12(15)4-5-13(11)14(18)16-6-8-19-9-7-17(2)3/h4-5,10H,6-9,15H2,1-3H3,(H,16,18). The number of carbonyl (C=O) groups is 1. The molecule has 5 nitrogen and oxygen atoms in total. The molecule has 0 bridgehead atoms. The van der Waals surface area contributed by atoms with Crippen molar-refractivity contribution in [1.29, 1.82) is 0 Å². The van der Waals surface area contributed by atoms with Crippen LogP contribution < -0.4 is 11.1 Å². The van der Waals surface area contributed by atoms with E-state index in [1.54, 1.807) is 18.2 Å². The highest BCUT2D eigenvalue weighted by Gasteiger charge is 2.07. The average molecular weight is 265 g/mol. The summed E-state index contributed by atoms with van der Waals surface area (Å²) < 4.78 is 5.40. The summed E-state index contributed by atoms with van der Waals surface area (Å²) in [6, 6.07) is 5.27. The first-order chi connectivity index (χ1) is 9.00. The van der Waals surface area contributed by atoms with E-state index in [0.717, 1.165) is 12.1 Å². The number of ether oxygens (including phenoxy) is 1. The smallest absolute Gasteiger partial charge is 0.251 e. The van der Waals surface area contributed by atoms with Crippen LogP contribution in [0.5, 0.6) is 0 Å². The zero-order chi connectivity index (χ0) is 14.3. The van der Waals surface area contributed by atoms with E-state index in [2.05, 4.69) is 10.2 Å². The van der Waals surface area contributed by atoms with Crippen LogP contribution in [0.15, 0.2) is 18.2 Å². The van der Waals surface area contributed by atoms with Gasteiger partial charge >= 0.3 is 0 Å². The van der Waals surface area contributed by atoms with Gasteiger partial charge in [0, 0.05) is 24.3 Å². The Labute approximate surface area is 114 Å². The lowest BCUT2D eigenvalue weighted by molar-refractivity contribution is 0.0899. The van der Waals surface area contributed by atoms with Crippen LogP contribution in [-0.2, 0) is 4.74 Å². The van der Waals surface area contributed by atoms with Crippen LogP contribution >= 0.6 is 0 Å². The fourth-order valence-corrected chi connectivity index (χ4v) is 1.62. The predicted molar refractivity (Wildman–Crippen MR) is 77.3 cm³/mol. The molecular formula is C14H23N3O2. The molecule has 5 heteroatoms. The predicted octanol–water partition coefficient (Wildman–Crippen LogP) is 0.885. The number of nitrogens with two attached hydrogens (primary N) is 1. The minimum Gasteiger partial charge on any atom is -0.399 e. The number of anilines is 1. The van der Waals surface area contributed by atoms with Gasteiger partial charge in [-0.2, -0.15) is 0 Å². The number of likely N-dealkylation sites (N-methyl/N-ethyl adjacent to an activating group) is 1. The number of hydrogen-bond acceptors (Lipinski definition) is 4. The second-order valence-corrected chi connectivity index (χ2v) is 4.75. The Hall–Kier alpha value is -1.59. The van der Waals surface area contributed by atoms with E-state index in [1.165, 1.54) is 0 Å². The number of benzene rings is 1. The van der Waals surface area contributed by atoms with Crippen LogP contribution in [0.2, 0.25) is 0 Å². The van der Waals surface area contributed by atoms with Gasteiger partial charge in [0.05, 0.1) is 13.2 Å². The summed E-state index contributed by atoms with van der Waals surface area (Å²) in [7, 11) is 3.99. The highest BCUT2D eigenvalue weighted by molar-refractivity contribution is 5.95. The first-order valence-electron chi connectivity index (χ1n) is 6.37. The van der Waals surface area contributed by atoms with Gasteiger partial charge in [-0.1, -0.05) is 0 Å². The van der Waals surface area contributed by atoms with E-state index in [-0.39, 0.29) is 5.91 Å². The van der Waals surface area contributed by atoms with Gasteiger partial charge in [-0.15, -0.1) is 0 Å². The van der Waals surface area contributed by atoms with Crippen LogP contribution in [-0.4, -0.2) is 51.2 Å². The second kappa shape index (κ2) is 7.76. The van der Waals surface area contributed by atoms with E-state index in [1.807, 2.05) is 21.0 Å². The molecule has 0 aliphatic rings. The largest absolute Gasteiger partial charge is 0.399 e. The third kappa shape index (κ3) is 5.72. The average Bonchev–Trinajstić information content (AvgIpc) is 2.32. The Morgan fingerprint density at radius 2 is 2.11 bits per heavy atom. The van der Waals surface area contributed by atoms with Crippen molar-refractivity contribution < 1.29 is 9.53 Å². The lowest BCUT2D eigenvalue weighted by Gasteiger charge is -2.11. The summed E-state index contributed by atoms with van der Waals surface area (Å²) >= 11 is 0. The van der Waals surface area contributed by atoms with Gasteiger partial charge in [0.1, 0.15) is 0 Å². The van der Waals surface area contributed by atoms with Crippen molar-refractivity contribution in [1.82, 2.24) is 10.2 Å². The number of rotatable bonds is 7. The van der Waals surface area contributed by atoms with Crippen LogP contribution in [0.3, 0.4) is 0 Å². The third-order valence-corrected chi connectivity index (χ3v) is 2.71. The Balaban J connectivity index is 2.28. The summed E-state index contributed by atoms with van der Waals surface area (Å²) in [5.41, 5.74) is 7.85. The SMILES string of the molecule is Cc1cc(N)ccc1C(=O)NCCOCCN(C)C. The zero-order valence-corrected chi connectivity index (χ0v) is 11.9. The third-order valence-electron chi connectivity index (χ3n) is 2.71. The number of nitrogen functional groups attached to an aromatic ring is 1. The van der Waals surface area contributed by atoms with Crippen molar-refractivity contribution >= 4 is 11.6 Å². The molecule has 1 rings (SSSR count). The minimum atomic E-state index is -0.0892. The fourth-order valence-electron chi connectivity index (χ4n) is 1.62. The van der Waals surface area contributed by atoms with E-state index in [0.29, 0.717) is 31.0 Å². The second-order valence-electron chi connectivity index (χ2n) is 4.75. The van der Waals surface area contributed by atoms with Gasteiger partial charge in [0.2, 0.25) is 0 Å². The molecule has 1 aromatic carbocycles. The molecule has 0 atom stereocenters. The quantitative estimate of drug-likeness (QED) is 0.567. The maximum absolute atomic E-state index is 11.9. The fraction of sp³-hybridized carbons (Fsp3) is 0.500. The van der Waals surface area contributed by atoms with Crippen LogP contribution in [0, 0.1) is 6.92 Å². The van der Waals surface area contributed by atoms with Gasteiger partial charge in [-0.3, -0.25) is 4.79 Å². The number of nitrogens with zero attached hydrogens (tertiary/aromatic N) is 1. The van der Waals surface area contributed by atoms with E-state index in [4.69, 9.17) is 10.5 Å². The van der Waals surface area contributed by atoms with Gasteiger partial charge in [0.15, 0.2) is 0 Å². The Bertz CT molecular complexity index is 419. The summed E-state index contributed by atoms with van der Waals surface area (Å²) in [6.45, 7) is 4.46. The molecule has 0 aromatic heterocycles. The van der Waals surface area contributed by atoms with Gasteiger partial charge in [0.25, 0.3) is 5.91 Å². The van der Waals surface area contributed by atoms with Gasteiger partial charge < -0.3 is 20.7 Å². The summed E-state index contributed by atoms with van der Waals surface area (Å²) in [4.78, 5) is 14.0. The highest BCUT2D eigenvalue weighted by Crippen LogP contribution is 2.11. The minimum absolute atomic E-state index is 0.0892. The van der Waals surface area contributed by atoms with Crippen LogP contribution in [0.1, 0.15) is 15.9 Å². The van der Waals surface area contributed by atoms with Crippen LogP contribution in [0.4, 0.5) is 5.69 Å². The molecule has 0 saturated heterocycles. The first-order valence-corrected chi connectivity index (χ1v) is 6.37. The molecule has 1 amide bonds. The molecule has 19 heavy (non-hydrogen) atoms. The molecule has 3 N–H and O–H groups in total. The molecule has 0 saturated carbocycles. The van der Waals surface area contributed by atoms with E-state index < -0.39 is 0 Å². The van der Waals surface area contributed by atoms with Crippen LogP contribution in [0.25, 0.3) is 0 Å². The normalized spacial score (nSPS) is 10.7. The van der Waals surface area contributed by atoms with Crippen molar-refractivity contribution in [3.05, 3.63) is 29.3 Å². The number of aryl methyl sites for hydroxylation is 1. The van der Waals surface area contributed by atoms with Gasteiger partial charge in [-0.05, 0) is 44.8 Å². The molecule has 0 heterocycles. The lowest BCUT2D eigenvalue weighted by Crippen LogP contribution is -2.28. The molecule has 0 aliphatic carbocycles. The molecule has 1 aromatic rings. The molecule has 0 radical (unpaired) electrons. The topological polar surface area (TPSA) is 67.6 Å². The molecule has 0 aliphatic heterocycles. The maximum Gasteiger partial charge on any atom is 0.251 e. The molecule has 0 unspecified atom stereocenters. The Morgan fingerprint density at radius 1 is 1.37 bits per heavy atom. The monoisotopic (exact) mass is 265 g/mol. The molecule has 0 spiro atoms. The number of hydrogen-bond donors (Lipinski definition) is 2. The van der Waals surface area contributed by atoms with Crippen molar-refractivity contribution in [2.24, 2.45) is 0 Å². The van der Waals surface area contributed by atoms with Crippen molar-refractivity contribution in [2.75, 3.05) is 46.1 Å². The summed E-state index contributed by atoms with van der Waals surface area (Å²) in [6.07, 6.45) is 0. The molecule has 0 fully saturated rings. The summed E-state index contributed by atoms with van der Waals surface area (Å²) in [5, 5.41) is 2.83. The lowest BCUT2D eigenvalue weighted by atomic mass is 10.1. The van der Waals surface area contributed by atoms with E-state index >= 15 is 0 Å². The highest BCUT2D eigenvalue weighted by atomic mass is 16.5. The Morgan fingerprint density at radius 3 is 2.74 bits per heavy atom. The Kier molecular flexibility index (Phi) is 6.32. The van der Waals surface area contributed by atoms with Crippen molar-refractivity contribution in [2.45, 2.75) is 6.92 Å². The number of amides is 1. The van der Waals surface area contributed by atoms with Crippen molar-refractivity contribution in [3.63, 3.8) is 0 Å². The number of carbonyl (C=O) groups excluding carboxylic acids is 1. The number of nitrogens with one attached hydrogen (secondary N) is 1. The zero-order valence-electron chi connectivity index (χ0n) is 11.9. The maximum atomic E-state index is 11.9. The van der Waals surface area contributed by atoms with Crippen molar-refractivity contribution in [3.8, 4) is 0 Å². The molecule has 106 valence electrons. The van der Waals surface area contributed by atoms with Gasteiger partial charge in [-0.25, -0.2) is 0 Å². The molecular weight excluding hydrogens is 242 g/mol. The summed E-state index contributed by atoms with van der Waals surface area (Å²) in [5.74, 6) is -0.0892. The van der Waals surface area contributed by atoms with E-state index in [9.17, 15) is 4.79 Å². The first kappa shape index (κ1) is 15.5.